The van der Waals surface area contributed by atoms with Gasteiger partial charge in [-0.25, -0.2) is 14.8 Å². The van der Waals surface area contributed by atoms with Gasteiger partial charge in [-0.05, 0) is 18.8 Å². The molecule has 2 nitrogen and oxygen atoms in total. The van der Waals surface area contributed by atoms with Crippen LogP contribution in [-0.2, 0) is 9.53 Å². The van der Waals surface area contributed by atoms with Crippen LogP contribution < -0.4 is 0 Å². The Hall–Kier alpha value is -0.440. The highest BCUT2D eigenvalue weighted by molar-refractivity contribution is 8.32. The zero-order valence-electron chi connectivity index (χ0n) is 7.42. The maximum absolute atomic E-state index is 10.6. The van der Waals surface area contributed by atoms with E-state index in [2.05, 4.69) is 25.3 Å². The van der Waals surface area contributed by atoms with E-state index >= 15 is 0 Å². The van der Waals surface area contributed by atoms with Crippen molar-refractivity contribution < 1.29 is 9.53 Å². The Morgan fingerprint density at radius 2 is 2.09 bits per heavy atom. The van der Waals surface area contributed by atoms with Crippen LogP contribution in [0.5, 0.6) is 0 Å². The Kier molecular flexibility index (Phi) is 4.26. The monoisotopic (exact) mass is 176 g/mol. The molecule has 0 N–H and O–H groups in total. The first-order valence-electron chi connectivity index (χ1n) is 3.41. The van der Waals surface area contributed by atoms with E-state index in [-0.39, 0.29) is 5.97 Å². The average Bonchev–Trinajstić information content (AvgIpc) is 1.85. The molecular formula is C8H16O2S. The van der Waals surface area contributed by atoms with Gasteiger partial charge in [-0.3, -0.25) is 0 Å². The van der Waals surface area contributed by atoms with Gasteiger partial charge in [0.15, 0.2) is 0 Å². The van der Waals surface area contributed by atoms with Crippen LogP contribution in [0.2, 0.25) is 0 Å². The Morgan fingerprint density at radius 3 is 2.45 bits per heavy atom. The highest BCUT2D eigenvalue weighted by Gasteiger charge is 2.04. The van der Waals surface area contributed by atoms with Gasteiger partial charge in [-0.2, -0.15) is 0 Å². The minimum atomic E-state index is -0.540. The Balaban J connectivity index is 3.42. The lowest BCUT2D eigenvalue weighted by molar-refractivity contribution is -0.137. The third-order valence-electron chi connectivity index (χ3n) is 1.11. The molecule has 66 valence electrons. The summed E-state index contributed by atoms with van der Waals surface area (Å²) in [5.74, 6) is 0.640. The second kappa shape index (κ2) is 4.44. The van der Waals surface area contributed by atoms with Crippen molar-refractivity contribution in [2.45, 2.75) is 0 Å². The van der Waals surface area contributed by atoms with Crippen molar-refractivity contribution >= 4 is 16.0 Å². The first-order chi connectivity index (χ1) is 4.95. The molecule has 0 amide bonds. The van der Waals surface area contributed by atoms with E-state index in [9.17, 15) is 4.79 Å². The van der Waals surface area contributed by atoms with Crippen LogP contribution in [0, 0.1) is 0 Å². The summed E-state index contributed by atoms with van der Waals surface area (Å²) in [5.41, 5.74) is 0. The molecule has 0 aromatic carbocycles. The molecule has 0 heterocycles. The molecule has 0 atom stereocenters. The zero-order chi connectivity index (χ0) is 8.91. The molecule has 0 aliphatic heterocycles. The summed E-state index contributed by atoms with van der Waals surface area (Å²) in [6.07, 6.45) is 7.76. The summed E-state index contributed by atoms with van der Waals surface area (Å²) in [6, 6.07) is 0. The number of hydrogen-bond donors (Lipinski definition) is 0. The van der Waals surface area contributed by atoms with E-state index < -0.39 is 10.0 Å². The molecule has 0 saturated carbocycles. The second-order valence-corrected chi connectivity index (χ2v) is 7.76. The summed E-state index contributed by atoms with van der Waals surface area (Å²) in [6.45, 7) is 3.83. The van der Waals surface area contributed by atoms with Gasteiger partial charge in [0.05, 0.1) is 6.61 Å². The highest BCUT2D eigenvalue weighted by atomic mass is 32.3. The van der Waals surface area contributed by atoms with Crippen molar-refractivity contribution in [3.05, 3.63) is 12.7 Å². The standard InChI is InChI=1S/C8H16O2S/c1-5-8(9)10-6-7-11(2,3)4/h5H,1,6-7H2,2-4H3. The number of hydrogen-bond acceptors (Lipinski definition) is 2. The van der Waals surface area contributed by atoms with Crippen molar-refractivity contribution in [3.8, 4) is 0 Å². The average molecular weight is 176 g/mol. The first-order valence-corrected chi connectivity index (χ1v) is 6.43. The molecule has 0 radical (unpaired) electrons. The first kappa shape index (κ1) is 10.6. The van der Waals surface area contributed by atoms with E-state index in [4.69, 9.17) is 4.74 Å². The largest absolute Gasteiger partial charge is 0.462 e. The van der Waals surface area contributed by atoms with Crippen molar-refractivity contribution in [2.24, 2.45) is 0 Å². The van der Waals surface area contributed by atoms with Gasteiger partial charge < -0.3 is 4.74 Å². The molecule has 0 aliphatic carbocycles. The molecule has 0 aromatic heterocycles. The van der Waals surface area contributed by atoms with Gasteiger partial charge in [0.25, 0.3) is 0 Å². The topological polar surface area (TPSA) is 26.3 Å². The number of ether oxygens (including phenoxy) is 1. The van der Waals surface area contributed by atoms with Crippen molar-refractivity contribution in [1.82, 2.24) is 0 Å². The SMILES string of the molecule is C=CC(=O)OCCS(C)(C)C. The van der Waals surface area contributed by atoms with E-state index in [1.54, 1.807) is 0 Å². The minimum Gasteiger partial charge on any atom is -0.462 e. The van der Waals surface area contributed by atoms with Crippen LogP contribution >= 0.6 is 10.0 Å². The van der Waals surface area contributed by atoms with Crippen LogP contribution in [0.25, 0.3) is 0 Å². The van der Waals surface area contributed by atoms with Crippen LogP contribution in [-0.4, -0.2) is 37.1 Å². The van der Waals surface area contributed by atoms with Gasteiger partial charge in [0.2, 0.25) is 0 Å². The summed E-state index contributed by atoms with van der Waals surface area (Å²) in [7, 11) is -0.540. The normalized spacial score (nSPS) is 12.3. The zero-order valence-corrected chi connectivity index (χ0v) is 8.24. The van der Waals surface area contributed by atoms with E-state index in [1.165, 1.54) is 6.08 Å². The fraction of sp³-hybridized carbons (Fsp3) is 0.625. The Bertz CT molecular complexity index is 147. The lowest BCUT2D eigenvalue weighted by Crippen LogP contribution is -2.09. The van der Waals surface area contributed by atoms with Gasteiger partial charge >= 0.3 is 5.97 Å². The van der Waals surface area contributed by atoms with Gasteiger partial charge in [-0.1, -0.05) is 6.58 Å². The second-order valence-electron chi connectivity index (χ2n) is 3.17. The van der Waals surface area contributed by atoms with E-state index in [1.807, 2.05) is 0 Å². The maximum Gasteiger partial charge on any atom is 0.330 e. The van der Waals surface area contributed by atoms with Gasteiger partial charge in [0, 0.05) is 11.8 Å². The molecule has 3 heteroatoms. The fourth-order valence-electron chi connectivity index (χ4n) is 0.451. The van der Waals surface area contributed by atoms with Crippen LogP contribution in [0.4, 0.5) is 0 Å². The number of esters is 1. The third-order valence-corrected chi connectivity index (χ3v) is 2.50. The highest BCUT2D eigenvalue weighted by Crippen LogP contribution is 2.33. The molecule has 0 unspecified atom stereocenters. The van der Waals surface area contributed by atoms with Gasteiger partial charge in [-0.15, -0.1) is 0 Å². The quantitative estimate of drug-likeness (QED) is 0.478. The lowest BCUT2D eigenvalue weighted by atomic mass is 10.6. The van der Waals surface area contributed by atoms with Crippen LogP contribution in [0.1, 0.15) is 0 Å². The summed E-state index contributed by atoms with van der Waals surface area (Å²) in [5, 5.41) is 0. The molecular weight excluding hydrogens is 160 g/mol. The van der Waals surface area contributed by atoms with E-state index in [0.29, 0.717) is 6.61 Å². The molecule has 0 rings (SSSR count). The fourth-order valence-corrected chi connectivity index (χ4v) is 1.03. The number of carbonyl (C=O) groups is 1. The molecule has 0 saturated heterocycles. The van der Waals surface area contributed by atoms with Crippen molar-refractivity contribution in [1.29, 1.82) is 0 Å². The van der Waals surface area contributed by atoms with Crippen LogP contribution in [0.15, 0.2) is 12.7 Å². The Labute approximate surface area is 69.9 Å². The Morgan fingerprint density at radius 1 is 1.55 bits per heavy atom. The predicted octanol–water partition coefficient (Wildman–Crippen LogP) is 1.41. The van der Waals surface area contributed by atoms with Gasteiger partial charge in [0.1, 0.15) is 0 Å². The third kappa shape index (κ3) is 7.46. The molecule has 0 aliphatic rings. The summed E-state index contributed by atoms with van der Waals surface area (Å²) in [4.78, 5) is 10.6. The van der Waals surface area contributed by atoms with Crippen LogP contribution in [0.3, 0.4) is 0 Å². The summed E-state index contributed by atoms with van der Waals surface area (Å²) < 4.78 is 4.83. The van der Waals surface area contributed by atoms with E-state index in [0.717, 1.165) is 5.75 Å². The molecule has 0 spiro atoms. The maximum atomic E-state index is 10.6. The summed E-state index contributed by atoms with van der Waals surface area (Å²) >= 11 is 0. The minimum absolute atomic E-state index is 0.325. The number of rotatable bonds is 4. The smallest absolute Gasteiger partial charge is 0.330 e. The lowest BCUT2D eigenvalue weighted by Gasteiger charge is -2.24. The molecule has 0 aromatic rings. The predicted molar refractivity (Wildman–Crippen MR) is 51.4 cm³/mol. The molecule has 11 heavy (non-hydrogen) atoms. The molecule has 0 fully saturated rings. The van der Waals surface area contributed by atoms with Crippen molar-refractivity contribution in [3.63, 3.8) is 0 Å². The van der Waals surface area contributed by atoms with Crippen molar-refractivity contribution in [2.75, 3.05) is 31.1 Å². The molecule has 0 bridgehead atoms. The number of carbonyl (C=O) groups excluding carboxylic acids is 1.